The first-order valence-corrected chi connectivity index (χ1v) is 46.2. The molecule has 0 aliphatic heterocycles. The fourth-order valence-electron chi connectivity index (χ4n) is 9.26. The zero-order chi connectivity index (χ0) is 94.0. The van der Waals surface area contributed by atoms with Crippen molar-refractivity contribution in [2.24, 2.45) is 11.7 Å². The van der Waals surface area contributed by atoms with Crippen LogP contribution in [0.4, 0.5) is 0 Å². The zero-order valence-electron chi connectivity index (χ0n) is 67.7. The number of carbonyl (C=O) groups excluding carboxylic acids is 7. The van der Waals surface area contributed by atoms with E-state index in [1.165, 1.54) is 87.7 Å². The fraction of sp³-hybridized carbons (Fsp3) is 0.0323. The van der Waals surface area contributed by atoms with Crippen LogP contribution in [-0.2, 0) is 17.7 Å². The minimum absolute atomic E-state index is 0. The van der Waals surface area contributed by atoms with Gasteiger partial charge in [-0.25, -0.2) is 21.3 Å². The Labute approximate surface area is 842 Å². The van der Waals surface area contributed by atoms with Crippen LogP contribution in [0.2, 0.25) is 0 Å². The van der Waals surface area contributed by atoms with Crippen LogP contribution in [0.1, 0.15) is 96.6 Å². The zero-order valence-corrected chi connectivity index (χ0v) is 83.2. The largest absolute Gasteiger partial charge is 0.465 e. The standard InChI is InChI=1S/C24H18Br2N2O4.C22H12Br2N4O2.C14H8IN2.C10H10O4.C8H10N4O2.C7H4BrClO.C7H5N.CH4.Cl2O2S.HI/c25-19-5-1-17(2-6-19)23(29)27-13-15-31-21-9-3-18(4-10-21)24(30)28-14-16-32-22-11-7-20(26)8-12-22;23-17-9-5-15(6-10-17)21-27-25-19(29-21)13-1-2-14(4-3-13)20-26-28-22(30-20)16-7-11-18(24)12-8-16;1(13-3-9-16-10-4-13)7-15-8-2-14-5-11-17-12-6-14;1-13-9(11)7-3-5-8(6-4-7)10(12)14-2;9-11-7(13)5-1-2-6(4-3-5)8(14)12-10;8-6-3-1-5(2-4-6)7(9)10;1-2-7-3-5-8-6-4-7;;1-5(2,3)4;/h1-16H,(H,27,29)(H,28,30);1-12H;3-6,9-12H;3-6H,1-2H3;1-4H,9-10H2,(H,11,13)(H,12,14);1-4H;1,3-6H;1H4;;1H/q;;-1;;;;;;;/b15-13+,16-14+;;;;;;;;;. The summed E-state index contributed by atoms with van der Waals surface area (Å²) in [6.45, 7) is 0. The van der Waals surface area contributed by atoms with Crippen molar-refractivity contribution < 1.29 is 91.0 Å². The molecular formula is C93H72Br5Cl3I2N13O15S-. The molecule has 0 radical (unpaired) electrons. The maximum Gasteiger partial charge on any atom is 0.337 e. The third-order valence-corrected chi connectivity index (χ3v) is 19.5. The van der Waals surface area contributed by atoms with Crippen molar-refractivity contribution in [3.8, 4) is 89.4 Å². The van der Waals surface area contributed by atoms with Crippen molar-refractivity contribution in [2.75, 3.05) is 14.2 Å². The number of nitrogen functional groups attached to an aromatic ring is 2. The van der Waals surface area contributed by atoms with Gasteiger partial charge in [-0.15, -0.1) is 50.8 Å². The van der Waals surface area contributed by atoms with Gasteiger partial charge < -0.3 is 38.4 Å². The van der Waals surface area contributed by atoms with Gasteiger partial charge in [0.05, 0.1) is 25.3 Å². The molecule has 9 aromatic carbocycles. The smallest absolute Gasteiger partial charge is 0.337 e. The van der Waals surface area contributed by atoms with Crippen molar-refractivity contribution in [1.82, 2.24) is 56.8 Å². The molecule has 5 aromatic heterocycles. The first kappa shape index (κ1) is 110. The van der Waals surface area contributed by atoms with Crippen molar-refractivity contribution in [3.05, 3.63) is 395 Å². The Morgan fingerprint density at radius 1 is 0.394 bits per heavy atom. The number of aromatic nitrogens is 7. The van der Waals surface area contributed by atoms with Crippen molar-refractivity contribution in [3.63, 3.8) is 0 Å². The van der Waals surface area contributed by atoms with Gasteiger partial charge in [-0.05, 0) is 242 Å². The van der Waals surface area contributed by atoms with Gasteiger partial charge >= 0.3 is 131 Å². The van der Waals surface area contributed by atoms with Crippen LogP contribution >= 0.6 is 137 Å². The Balaban J connectivity index is 0.000000282. The van der Waals surface area contributed by atoms with Crippen molar-refractivity contribution >= 4 is 186 Å². The summed E-state index contributed by atoms with van der Waals surface area (Å²) in [7, 11) is 7.42. The first-order valence-electron chi connectivity index (χ1n) is 36.6. The van der Waals surface area contributed by atoms with Gasteiger partial charge in [0.2, 0.25) is 23.6 Å². The Morgan fingerprint density at radius 3 is 0.917 bits per heavy atom. The molecule has 132 heavy (non-hydrogen) atoms. The summed E-state index contributed by atoms with van der Waals surface area (Å²) in [4.78, 5) is 90.4. The first-order chi connectivity index (χ1) is 62.6. The molecule has 0 saturated carbocycles. The number of halogens is 10. The average molecular weight is 2400 g/mol. The van der Waals surface area contributed by atoms with Crippen LogP contribution < -0.4 is 63.8 Å². The Hall–Kier alpha value is -12.4. The number of terminal acetylenes is 1. The van der Waals surface area contributed by atoms with Crippen LogP contribution in [-0.4, -0.2) is 98.8 Å². The summed E-state index contributed by atoms with van der Waals surface area (Å²) < 4.78 is 60.8. The van der Waals surface area contributed by atoms with Crippen molar-refractivity contribution in [1.29, 1.82) is 0 Å². The molecule has 676 valence electrons. The number of hydrogen-bond donors (Lipinski definition) is 6. The van der Waals surface area contributed by atoms with Crippen LogP contribution in [0, 0.1) is 32.0 Å². The topological polar surface area (TPSA) is 407 Å². The predicted molar refractivity (Wildman–Crippen MR) is 529 cm³/mol. The van der Waals surface area contributed by atoms with Crippen LogP contribution in [0.3, 0.4) is 0 Å². The SMILES string of the molecule is Brc1ccc(-c2nnc(-c3ccc(-c4nnc(-c5ccc(Br)cc5)o4)cc3)o2)cc1.C.C#Cc1ccncc1.C(#Cc1ccncc1)[I-]C#Cc1ccncc1.COC(=O)c1ccc(C(=O)OC)cc1.I.NNC(=O)c1ccc(C(=O)NN)cc1.O=C(Cl)c1ccc(Br)cc1.O=C(N/C=C/Oc1ccc(C(=O)N/C=C/Oc2ccc(Br)cc2)cc1)c1ccc(Br)cc1.O=S(=O)(Cl)Cl. The average Bonchev–Trinajstić information content (AvgIpc) is 1.67. The van der Waals surface area contributed by atoms with E-state index in [2.05, 4.69) is 182 Å². The van der Waals surface area contributed by atoms with E-state index in [1.54, 1.807) is 134 Å². The van der Waals surface area contributed by atoms with Gasteiger partial charge in [0.15, 0.2) is 0 Å². The summed E-state index contributed by atoms with van der Waals surface area (Å²) >= 11 is 21.6. The number of nitrogens with zero attached hydrogens (tertiary/aromatic N) is 7. The number of amides is 4. The number of hydrazine groups is 2. The number of carbonyl (C=O) groups is 7. The summed E-state index contributed by atoms with van der Waals surface area (Å²) in [5, 5.41) is 21.4. The molecular weight excluding hydrogens is 2330 g/mol. The van der Waals surface area contributed by atoms with E-state index in [-0.39, 0.29) is 64.4 Å². The number of pyridine rings is 3. The maximum atomic E-state index is 12.2. The maximum absolute atomic E-state index is 12.2. The Kier molecular flexibility index (Phi) is 50.5. The van der Waals surface area contributed by atoms with Crippen LogP contribution in [0.25, 0.3) is 45.8 Å². The molecule has 4 amide bonds. The van der Waals surface area contributed by atoms with Gasteiger partial charge in [0.25, 0.3) is 28.9 Å². The summed E-state index contributed by atoms with van der Waals surface area (Å²) in [5.41, 5.74) is 13.2. The molecule has 0 aliphatic carbocycles. The van der Waals surface area contributed by atoms with E-state index < -0.39 is 37.3 Å². The third kappa shape index (κ3) is 41.8. The molecule has 14 rings (SSSR count). The molecule has 14 aromatic rings. The molecule has 0 atom stereocenters. The molecule has 28 nitrogen and oxygen atoms in total. The molecule has 0 saturated heterocycles. The second-order valence-corrected chi connectivity index (χ2v) is 34.5. The molecule has 0 bridgehead atoms. The number of nitrogens with two attached hydrogens (primary N) is 2. The molecule has 5 heterocycles. The fourth-order valence-corrected chi connectivity index (χ4v) is 11.7. The monoisotopic (exact) mass is 2400 g/mol. The van der Waals surface area contributed by atoms with Gasteiger partial charge in [0.1, 0.15) is 24.0 Å². The van der Waals surface area contributed by atoms with E-state index in [0.717, 1.165) is 61.3 Å². The van der Waals surface area contributed by atoms with Gasteiger partial charge in [-0.1, -0.05) is 93.0 Å². The quantitative estimate of drug-likeness (QED) is 0.00720. The summed E-state index contributed by atoms with van der Waals surface area (Å²) in [5.74, 6) is 19.3. The van der Waals surface area contributed by atoms with E-state index in [0.29, 0.717) is 74.0 Å². The normalized spacial score (nSPS) is 9.84. The van der Waals surface area contributed by atoms with E-state index in [1.807, 2.05) is 120 Å². The molecule has 0 spiro atoms. The van der Waals surface area contributed by atoms with E-state index >= 15 is 0 Å². The van der Waals surface area contributed by atoms with Gasteiger partial charge in [-0.3, -0.25) is 39.8 Å². The minimum Gasteiger partial charge on any atom is -0.465 e. The minimum atomic E-state index is -3.72. The third-order valence-electron chi connectivity index (χ3n) is 15.6. The molecule has 0 unspecified atom stereocenters. The summed E-state index contributed by atoms with van der Waals surface area (Å²) in [6.07, 6.45) is 21.0. The second kappa shape index (κ2) is 60.5. The molecule has 8 N–H and O–H groups in total. The molecule has 39 heteroatoms. The number of esters is 2. The Bertz CT molecular complexity index is 6090. The number of hydrogen-bond acceptors (Lipinski definition) is 24. The summed E-state index contributed by atoms with van der Waals surface area (Å²) in [6, 6.07) is 73.8. The Morgan fingerprint density at radius 2 is 0.636 bits per heavy atom. The number of nitrogens with one attached hydrogen (secondary N) is 4. The number of rotatable bonds is 17. The van der Waals surface area contributed by atoms with Gasteiger partial charge in [0, 0.05) is 124 Å². The van der Waals surface area contributed by atoms with E-state index in [4.69, 9.17) is 56.4 Å². The van der Waals surface area contributed by atoms with Gasteiger partial charge in [-0.2, -0.15) is 8.42 Å². The number of benzene rings is 9. The predicted octanol–water partition coefficient (Wildman–Crippen LogP) is 17.3. The second-order valence-electron chi connectivity index (χ2n) is 24.3. The number of methoxy groups -OCH3 is 2. The van der Waals surface area contributed by atoms with Crippen LogP contribution in [0.5, 0.6) is 11.5 Å². The molecule has 0 aliphatic rings. The number of ether oxygens (including phenoxy) is 4. The van der Waals surface area contributed by atoms with Crippen LogP contribution in [0.15, 0.2) is 348 Å². The van der Waals surface area contributed by atoms with Crippen molar-refractivity contribution in [2.45, 2.75) is 7.43 Å². The van der Waals surface area contributed by atoms with E-state index in [9.17, 15) is 33.6 Å². The molecule has 0 fully saturated rings.